The van der Waals surface area contributed by atoms with Gasteiger partial charge < -0.3 is 11.1 Å². The van der Waals surface area contributed by atoms with Gasteiger partial charge in [-0.1, -0.05) is 29.8 Å². The zero-order valence-corrected chi connectivity index (χ0v) is 10.5. The molecule has 0 saturated carbocycles. The van der Waals surface area contributed by atoms with Crippen molar-refractivity contribution in [3.05, 3.63) is 58.6 Å². The minimum absolute atomic E-state index is 0.713. The average Bonchev–Trinajstić information content (AvgIpc) is 2.30. The second-order valence-corrected chi connectivity index (χ2v) is 4.43. The summed E-state index contributed by atoms with van der Waals surface area (Å²) in [6, 6.07) is 13.7. The van der Waals surface area contributed by atoms with Gasteiger partial charge in [0, 0.05) is 22.9 Å². The predicted molar refractivity (Wildman–Crippen MR) is 74.4 cm³/mol. The molecule has 0 radical (unpaired) electrons. The minimum atomic E-state index is 0.713. The fraction of sp³-hybridized carbons (Fsp3) is 0.143. The number of benzene rings is 2. The summed E-state index contributed by atoms with van der Waals surface area (Å²) in [5.74, 6) is 0. The Morgan fingerprint density at radius 1 is 1.18 bits per heavy atom. The van der Waals surface area contributed by atoms with Gasteiger partial charge in [0.25, 0.3) is 0 Å². The summed E-state index contributed by atoms with van der Waals surface area (Å²) in [7, 11) is 0. The lowest BCUT2D eigenvalue weighted by atomic mass is 10.1. The van der Waals surface area contributed by atoms with Gasteiger partial charge in [-0.25, -0.2) is 0 Å². The first-order valence-electron chi connectivity index (χ1n) is 5.50. The lowest BCUT2D eigenvalue weighted by molar-refractivity contribution is 1.14. The largest absolute Gasteiger partial charge is 0.399 e. The predicted octanol–water partition coefficient (Wildman–Crippen LogP) is 3.84. The van der Waals surface area contributed by atoms with Crippen molar-refractivity contribution in [1.29, 1.82) is 0 Å². The highest BCUT2D eigenvalue weighted by atomic mass is 35.5. The van der Waals surface area contributed by atoms with Gasteiger partial charge in [0.05, 0.1) is 0 Å². The Hall–Kier alpha value is -1.67. The molecule has 0 bridgehead atoms. The molecule has 3 N–H and O–H groups in total. The lowest BCUT2D eigenvalue weighted by Gasteiger charge is -2.11. The van der Waals surface area contributed by atoms with Crippen LogP contribution in [0.3, 0.4) is 0 Å². The zero-order chi connectivity index (χ0) is 12.3. The van der Waals surface area contributed by atoms with Crippen LogP contribution >= 0.6 is 11.6 Å². The van der Waals surface area contributed by atoms with Crippen LogP contribution in [-0.4, -0.2) is 0 Å². The summed E-state index contributed by atoms with van der Waals surface area (Å²) in [5.41, 5.74) is 9.80. The van der Waals surface area contributed by atoms with Crippen molar-refractivity contribution in [2.75, 3.05) is 11.1 Å². The third-order valence-electron chi connectivity index (χ3n) is 2.68. The smallest absolute Gasteiger partial charge is 0.0455 e. The summed E-state index contributed by atoms with van der Waals surface area (Å²) in [6.07, 6.45) is 0. The van der Waals surface area contributed by atoms with Crippen molar-refractivity contribution in [2.45, 2.75) is 13.5 Å². The number of halogens is 1. The Balaban J connectivity index is 2.10. The van der Waals surface area contributed by atoms with E-state index in [9.17, 15) is 0 Å². The van der Waals surface area contributed by atoms with Crippen molar-refractivity contribution < 1.29 is 0 Å². The SMILES string of the molecule is Cc1cc(N)ccc1NCc1ccccc1Cl. The molecule has 2 aromatic carbocycles. The van der Waals surface area contributed by atoms with E-state index in [2.05, 4.69) is 5.32 Å². The molecule has 0 atom stereocenters. The Bertz CT molecular complexity index is 523. The van der Waals surface area contributed by atoms with E-state index in [4.69, 9.17) is 17.3 Å². The highest BCUT2D eigenvalue weighted by Crippen LogP contribution is 2.20. The molecular formula is C14H15ClN2. The number of nitrogen functional groups attached to an aromatic ring is 1. The molecular weight excluding hydrogens is 232 g/mol. The van der Waals surface area contributed by atoms with E-state index >= 15 is 0 Å². The average molecular weight is 247 g/mol. The highest BCUT2D eigenvalue weighted by Gasteiger charge is 2.01. The van der Waals surface area contributed by atoms with Crippen LogP contribution in [0, 0.1) is 6.92 Å². The van der Waals surface area contributed by atoms with E-state index in [0.29, 0.717) is 6.54 Å². The fourth-order valence-corrected chi connectivity index (χ4v) is 1.92. The van der Waals surface area contributed by atoms with E-state index in [1.54, 1.807) is 0 Å². The van der Waals surface area contributed by atoms with Gasteiger partial charge in [-0.05, 0) is 42.3 Å². The molecule has 0 aliphatic rings. The van der Waals surface area contributed by atoms with Crippen molar-refractivity contribution >= 4 is 23.0 Å². The summed E-state index contributed by atoms with van der Waals surface area (Å²) >= 11 is 6.10. The van der Waals surface area contributed by atoms with Crippen molar-refractivity contribution in [3.63, 3.8) is 0 Å². The van der Waals surface area contributed by atoms with Gasteiger partial charge in [-0.3, -0.25) is 0 Å². The number of aryl methyl sites for hydroxylation is 1. The van der Waals surface area contributed by atoms with Gasteiger partial charge in [0.15, 0.2) is 0 Å². The zero-order valence-electron chi connectivity index (χ0n) is 9.70. The van der Waals surface area contributed by atoms with Crippen molar-refractivity contribution in [2.24, 2.45) is 0 Å². The summed E-state index contributed by atoms with van der Waals surface area (Å²) < 4.78 is 0. The van der Waals surface area contributed by atoms with Crippen LogP contribution in [0.2, 0.25) is 5.02 Å². The van der Waals surface area contributed by atoms with Crippen molar-refractivity contribution in [3.8, 4) is 0 Å². The van der Waals surface area contributed by atoms with Crippen LogP contribution in [0.4, 0.5) is 11.4 Å². The summed E-state index contributed by atoms with van der Waals surface area (Å²) in [6.45, 7) is 2.75. The maximum atomic E-state index is 6.10. The first-order chi connectivity index (χ1) is 8.16. The topological polar surface area (TPSA) is 38.0 Å². The molecule has 2 rings (SSSR count). The Morgan fingerprint density at radius 3 is 2.65 bits per heavy atom. The molecule has 0 unspecified atom stereocenters. The van der Waals surface area contributed by atoms with Gasteiger partial charge >= 0.3 is 0 Å². The van der Waals surface area contributed by atoms with E-state index in [0.717, 1.165) is 27.5 Å². The molecule has 0 heterocycles. The molecule has 0 spiro atoms. The first kappa shape index (κ1) is 11.8. The standard InChI is InChI=1S/C14H15ClN2/c1-10-8-12(16)6-7-14(10)17-9-11-4-2-3-5-13(11)15/h2-8,17H,9,16H2,1H3. The van der Waals surface area contributed by atoms with Crippen LogP contribution in [0.5, 0.6) is 0 Å². The first-order valence-corrected chi connectivity index (χ1v) is 5.88. The molecule has 0 fully saturated rings. The number of nitrogens with two attached hydrogens (primary N) is 1. The minimum Gasteiger partial charge on any atom is -0.399 e. The number of nitrogens with one attached hydrogen (secondary N) is 1. The quantitative estimate of drug-likeness (QED) is 0.808. The van der Waals surface area contributed by atoms with Gasteiger partial charge in [0.1, 0.15) is 0 Å². The van der Waals surface area contributed by atoms with Crippen LogP contribution in [0.25, 0.3) is 0 Å². The second-order valence-electron chi connectivity index (χ2n) is 4.02. The summed E-state index contributed by atoms with van der Waals surface area (Å²) in [4.78, 5) is 0. The third kappa shape index (κ3) is 2.92. The number of rotatable bonds is 3. The number of hydrogen-bond donors (Lipinski definition) is 2. The van der Waals surface area contributed by atoms with E-state index in [1.807, 2.05) is 49.4 Å². The Kier molecular flexibility index (Phi) is 3.55. The molecule has 0 amide bonds. The second kappa shape index (κ2) is 5.11. The maximum absolute atomic E-state index is 6.10. The van der Waals surface area contributed by atoms with Crippen LogP contribution < -0.4 is 11.1 Å². The molecule has 0 aromatic heterocycles. The van der Waals surface area contributed by atoms with E-state index < -0.39 is 0 Å². The molecule has 0 saturated heterocycles. The van der Waals surface area contributed by atoms with Crippen LogP contribution in [0.15, 0.2) is 42.5 Å². The molecule has 0 aliphatic heterocycles. The Labute approximate surface area is 106 Å². The molecule has 0 aliphatic carbocycles. The number of anilines is 2. The summed E-state index contributed by atoms with van der Waals surface area (Å²) in [5, 5.41) is 4.14. The van der Waals surface area contributed by atoms with E-state index in [-0.39, 0.29) is 0 Å². The number of hydrogen-bond acceptors (Lipinski definition) is 2. The molecule has 3 heteroatoms. The maximum Gasteiger partial charge on any atom is 0.0455 e. The highest BCUT2D eigenvalue weighted by molar-refractivity contribution is 6.31. The van der Waals surface area contributed by atoms with E-state index in [1.165, 1.54) is 0 Å². The lowest BCUT2D eigenvalue weighted by Crippen LogP contribution is -2.02. The van der Waals surface area contributed by atoms with Gasteiger partial charge in [0.2, 0.25) is 0 Å². The van der Waals surface area contributed by atoms with Crippen LogP contribution in [0.1, 0.15) is 11.1 Å². The van der Waals surface area contributed by atoms with Gasteiger partial charge in [-0.15, -0.1) is 0 Å². The normalized spacial score (nSPS) is 10.2. The molecule has 2 nitrogen and oxygen atoms in total. The monoisotopic (exact) mass is 246 g/mol. The van der Waals surface area contributed by atoms with Crippen LogP contribution in [-0.2, 0) is 6.54 Å². The third-order valence-corrected chi connectivity index (χ3v) is 3.05. The van der Waals surface area contributed by atoms with Crippen molar-refractivity contribution in [1.82, 2.24) is 0 Å². The molecule has 17 heavy (non-hydrogen) atoms. The molecule has 2 aromatic rings. The fourth-order valence-electron chi connectivity index (χ4n) is 1.72. The molecule has 88 valence electrons. The van der Waals surface area contributed by atoms with Gasteiger partial charge in [-0.2, -0.15) is 0 Å². The Morgan fingerprint density at radius 2 is 1.94 bits per heavy atom.